The van der Waals surface area contributed by atoms with E-state index in [-0.39, 0.29) is 11.5 Å². The van der Waals surface area contributed by atoms with E-state index in [0.29, 0.717) is 11.3 Å². The van der Waals surface area contributed by atoms with Crippen LogP contribution in [0.2, 0.25) is 0 Å². The fourth-order valence-corrected chi connectivity index (χ4v) is 8.49. The molecule has 0 unspecified atom stereocenters. The topological polar surface area (TPSA) is 79.2 Å². The molecule has 0 bridgehead atoms. The van der Waals surface area contributed by atoms with Crippen molar-refractivity contribution in [3.63, 3.8) is 0 Å². The number of ether oxygens (including phenoxy) is 2. The second-order valence-electron chi connectivity index (χ2n) is 11.9. The zero-order chi connectivity index (χ0) is 22.8. The summed E-state index contributed by atoms with van der Waals surface area (Å²) in [7, 11) is 0. The van der Waals surface area contributed by atoms with Crippen molar-refractivity contribution in [2.45, 2.75) is 109 Å². The lowest BCUT2D eigenvalue weighted by atomic mass is 9.47. The van der Waals surface area contributed by atoms with E-state index in [4.69, 9.17) is 9.47 Å². The second kappa shape index (κ2) is 8.20. The molecule has 0 radical (unpaired) electrons. The summed E-state index contributed by atoms with van der Waals surface area (Å²) in [6, 6.07) is 0. The van der Waals surface area contributed by atoms with Gasteiger partial charge in [-0.25, -0.2) is 0 Å². The SMILES string of the molecule is C=C[C@H]1CC[C@H]2[C@@H]3CC=C4C[C@@H](O[C@@H]5O[C@@H](C)[C@@H](O)[C@@H](O)[C@@H]5O)CC[C@]4(C)[C@H]3CC[C@]12C. The van der Waals surface area contributed by atoms with Crippen molar-refractivity contribution in [2.75, 3.05) is 0 Å². The first-order valence-corrected chi connectivity index (χ1v) is 12.9. The standard InChI is InChI=1S/C27H42O5/c1-5-16-7-9-20-19-8-6-17-14-18(32-25-24(30)23(29)22(28)15(2)31-25)10-12-27(17,4)21(19)11-13-26(16,20)3/h5-6,15-16,18-25,28-30H,1,7-14H2,2-4H3/t15-,16-,18-,19-,20-,21-,22+,23+,24-,25-,26+,27-/m0/s1. The predicted octanol–water partition coefficient (Wildman–Crippen LogP) is 3.96. The van der Waals surface area contributed by atoms with Gasteiger partial charge in [-0.3, -0.25) is 0 Å². The maximum absolute atomic E-state index is 10.4. The van der Waals surface area contributed by atoms with Gasteiger partial charge in [0.15, 0.2) is 6.29 Å². The van der Waals surface area contributed by atoms with Crippen LogP contribution in [0.1, 0.15) is 72.1 Å². The molecule has 4 fully saturated rings. The smallest absolute Gasteiger partial charge is 0.186 e. The fourth-order valence-electron chi connectivity index (χ4n) is 8.49. The van der Waals surface area contributed by atoms with Gasteiger partial charge >= 0.3 is 0 Å². The average molecular weight is 447 g/mol. The molecule has 0 amide bonds. The van der Waals surface area contributed by atoms with Gasteiger partial charge in [-0.05, 0) is 92.8 Å². The number of aliphatic hydroxyl groups excluding tert-OH is 3. The van der Waals surface area contributed by atoms with E-state index >= 15 is 0 Å². The van der Waals surface area contributed by atoms with Gasteiger partial charge in [0.1, 0.15) is 18.3 Å². The summed E-state index contributed by atoms with van der Waals surface area (Å²) in [4.78, 5) is 0. The van der Waals surface area contributed by atoms with Crippen LogP contribution in [0.15, 0.2) is 24.3 Å². The quantitative estimate of drug-likeness (QED) is 0.572. The van der Waals surface area contributed by atoms with E-state index < -0.39 is 30.7 Å². The molecule has 1 heterocycles. The van der Waals surface area contributed by atoms with Crippen molar-refractivity contribution in [1.29, 1.82) is 0 Å². The molecule has 5 nitrogen and oxygen atoms in total. The predicted molar refractivity (Wildman–Crippen MR) is 123 cm³/mol. The molecule has 5 aliphatic rings. The van der Waals surface area contributed by atoms with Crippen molar-refractivity contribution < 1.29 is 24.8 Å². The Balaban J connectivity index is 1.30. The molecule has 5 rings (SSSR count). The summed E-state index contributed by atoms with van der Waals surface area (Å²) in [5, 5.41) is 30.4. The van der Waals surface area contributed by atoms with E-state index in [1.165, 1.54) is 37.7 Å². The Labute approximate surface area is 192 Å². The van der Waals surface area contributed by atoms with Gasteiger partial charge in [0.2, 0.25) is 0 Å². The number of hydrogen-bond acceptors (Lipinski definition) is 5. The molecule has 3 saturated carbocycles. The van der Waals surface area contributed by atoms with Gasteiger partial charge in [0, 0.05) is 0 Å². The van der Waals surface area contributed by atoms with Crippen LogP contribution in [0, 0.1) is 34.5 Å². The van der Waals surface area contributed by atoms with Gasteiger partial charge < -0.3 is 24.8 Å². The van der Waals surface area contributed by atoms with E-state index in [2.05, 4.69) is 32.6 Å². The van der Waals surface area contributed by atoms with Gasteiger partial charge in [-0.2, -0.15) is 0 Å². The fraction of sp³-hybridized carbons (Fsp3) is 0.852. The summed E-state index contributed by atoms with van der Waals surface area (Å²) >= 11 is 0. The summed E-state index contributed by atoms with van der Waals surface area (Å²) in [6.45, 7) is 10.9. The van der Waals surface area contributed by atoms with E-state index in [0.717, 1.165) is 37.0 Å². The second-order valence-corrected chi connectivity index (χ2v) is 11.9. The molecular weight excluding hydrogens is 404 g/mol. The van der Waals surface area contributed by atoms with Crippen LogP contribution in [0.3, 0.4) is 0 Å². The minimum atomic E-state index is -1.24. The van der Waals surface area contributed by atoms with E-state index in [1.807, 2.05) is 0 Å². The van der Waals surface area contributed by atoms with Crippen LogP contribution in [-0.2, 0) is 9.47 Å². The van der Waals surface area contributed by atoms with Gasteiger partial charge in [0.05, 0.1) is 12.2 Å². The Morgan fingerprint density at radius 2 is 1.81 bits per heavy atom. The maximum atomic E-state index is 10.4. The monoisotopic (exact) mass is 446 g/mol. The molecule has 1 aliphatic heterocycles. The van der Waals surface area contributed by atoms with Crippen LogP contribution >= 0.6 is 0 Å². The molecule has 32 heavy (non-hydrogen) atoms. The molecule has 0 aromatic heterocycles. The summed E-state index contributed by atoms with van der Waals surface area (Å²) in [6.07, 6.45) is 9.08. The van der Waals surface area contributed by atoms with Gasteiger partial charge in [0.25, 0.3) is 0 Å². The lowest BCUT2D eigenvalue weighted by Gasteiger charge is -2.58. The Bertz CT molecular complexity index is 765. The minimum Gasteiger partial charge on any atom is -0.388 e. The first-order valence-electron chi connectivity index (χ1n) is 12.9. The Kier molecular flexibility index (Phi) is 5.90. The lowest BCUT2D eigenvalue weighted by Crippen LogP contribution is -2.58. The number of rotatable bonds is 3. The van der Waals surface area contributed by atoms with Crippen LogP contribution in [0.25, 0.3) is 0 Å². The summed E-state index contributed by atoms with van der Waals surface area (Å²) < 4.78 is 11.9. The number of hydrogen-bond donors (Lipinski definition) is 3. The van der Waals surface area contributed by atoms with E-state index in [9.17, 15) is 15.3 Å². The highest BCUT2D eigenvalue weighted by molar-refractivity contribution is 5.25. The zero-order valence-corrected chi connectivity index (χ0v) is 20.0. The van der Waals surface area contributed by atoms with Crippen molar-refractivity contribution >= 4 is 0 Å². The van der Waals surface area contributed by atoms with Crippen LogP contribution in [0.5, 0.6) is 0 Å². The molecule has 0 aromatic carbocycles. The highest BCUT2D eigenvalue weighted by Crippen LogP contribution is 2.66. The Hall–Kier alpha value is -0.720. The van der Waals surface area contributed by atoms with Crippen LogP contribution in [0.4, 0.5) is 0 Å². The van der Waals surface area contributed by atoms with Crippen molar-refractivity contribution in [2.24, 2.45) is 34.5 Å². The average Bonchev–Trinajstić information content (AvgIpc) is 3.12. The Morgan fingerprint density at radius 3 is 2.56 bits per heavy atom. The third-order valence-corrected chi connectivity index (χ3v) is 10.6. The lowest BCUT2D eigenvalue weighted by molar-refractivity contribution is -0.305. The minimum absolute atomic E-state index is 0.0225. The molecule has 5 heteroatoms. The third-order valence-electron chi connectivity index (χ3n) is 10.6. The molecule has 1 saturated heterocycles. The van der Waals surface area contributed by atoms with Crippen molar-refractivity contribution in [1.82, 2.24) is 0 Å². The highest BCUT2D eigenvalue weighted by atomic mass is 16.7. The first kappa shape index (κ1) is 23.0. The van der Waals surface area contributed by atoms with E-state index in [1.54, 1.807) is 6.92 Å². The first-order chi connectivity index (χ1) is 15.2. The third kappa shape index (κ3) is 3.38. The molecule has 0 aromatic rings. The molecule has 12 atom stereocenters. The van der Waals surface area contributed by atoms with Gasteiger partial charge in [-0.1, -0.05) is 31.6 Å². The van der Waals surface area contributed by atoms with Crippen molar-refractivity contribution in [3.8, 4) is 0 Å². The molecule has 180 valence electrons. The Morgan fingerprint density at radius 1 is 1.03 bits per heavy atom. The highest BCUT2D eigenvalue weighted by Gasteiger charge is 2.58. The zero-order valence-electron chi connectivity index (χ0n) is 20.0. The molecule has 3 N–H and O–H groups in total. The normalized spacial score (nSPS) is 55.4. The van der Waals surface area contributed by atoms with Gasteiger partial charge in [-0.15, -0.1) is 6.58 Å². The van der Waals surface area contributed by atoms with Crippen LogP contribution < -0.4 is 0 Å². The summed E-state index contributed by atoms with van der Waals surface area (Å²) in [5.41, 5.74) is 2.20. The molecule has 0 spiro atoms. The molecular formula is C27H42O5. The summed E-state index contributed by atoms with van der Waals surface area (Å²) in [5.74, 6) is 3.02. The number of fused-ring (bicyclic) bond motifs is 5. The number of aliphatic hydroxyl groups is 3. The molecule has 4 aliphatic carbocycles. The maximum Gasteiger partial charge on any atom is 0.186 e. The van der Waals surface area contributed by atoms with Crippen LogP contribution in [-0.4, -0.2) is 52.1 Å². The number of allylic oxidation sites excluding steroid dienone is 2. The largest absolute Gasteiger partial charge is 0.388 e. The van der Waals surface area contributed by atoms with Crippen molar-refractivity contribution in [3.05, 3.63) is 24.3 Å².